The van der Waals surface area contributed by atoms with E-state index in [1.807, 2.05) is 0 Å². The molecule has 0 atom stereocenters. The standard InChI is InChI=1S/C13H15ClF2N2O2/c1-20-12-7-11(9(15)6-10(12)16)17-2-4-18(5-3-17)13(19)8-14/h6-7H,2-5,8H2,1H3. The maximum atomic E-state index is 13.8. The number of hydrogen-bond donors (Lipinski definition) is 0. The van der Waals surface area contributed by atoms with Gasteiger partial charge in [-0.25, -0.2) is 8.78 Å². The smallest absolute Gasteiger partial charge is 0.237 e. The first-order chi connectivity index (χ1) is 9.56. The van der Waals surface area contributed by atoms with Gasteiger partial charge in [-0.15, -0.1) is 11.6 Å². The summed E-state index contributed by atoms with van der Waals surface area (Å²) in [7, 11) is 1.33. The molecule has 7 heteroatoms. The summed E-state index contributed by atoms with van der Waals surface area (Å²) >= 11 is 5.50. The van der Waals surface area contributed by atoms with E-state index in [1.165, 1.54) is 13.2 Å². The molecule has 2 rings (SSSR count). The molecule has 0 bridgehead atoms. The number of piperazine rings is 1. The fourth-order valence-corrected chi connectivity index (χ4v) is 2.37. The van der Waals surface area contributed by atoms with Crippen LogP contribution in [0.4, 0.5) is 14.5 Å². The minimum atomic E-state index is -0.732. The molecule has 0 spiro atoms. The summed E-state index contributed by atoms with van der Waals surface area (Å²) in [5.41, 5.74) is 0.279. The number of alkyl halides is 1. The molecule has 1 aliphatic heterocycles. The number of carbonyl (C=O) groups excluding carboxylic acids is 1. The van der Waals surface area contributed by atoms with Gasteiger partial charge in [-0.3, -0.25) is 4.79 Å². The molecule has 0 aliphatic carbocycles. The second kappa shape index (κ2) is 6.26. The Bertz CT molecular complexity index is 505. The van der Waals surface area contributed by atoms with Crippen LogP contribution in [0, 0.1) is 11.6 Å². The Morgan fingerprint density at radius 1 is 1.25 bits per heavy atom. The summed E-state index contributed by atoms with van der Waals surface area (Å²) in [6, 6.07) is 2.15. The predicted octanol–water partition coefficient (Wildman–Crippen LogP) is 1.86. The zero-order chi connectivity index (χ0) is 14.7. The SMILES string of the molecule is COc1cc(N2CCN(C(=O)CCl)CC2)c(F)cc1F. The molecule has 4 nitrogen and oxygen atoms in total. The first kappa shape index (κ1) is 14.8. The van der Waals surface area contributed by atoms with Gasteiger partial charge in [0.2, 0.25) is 5.91 Å². The highest BCUT2D eigenvalue weighted by Gasteiger charge is 2.23. The average Bonchev–Trinajstić information content (AvgIpc) is 2.47. The van der Waals surface area contributed by atoms with Crippen molar-refractivity contribution >= 4 is 23.2 Å². The topological polar surface area (TPSA) is 32.8 Å². The molecule has 1 heterocycles. The Morgan fingerprint density at radius 3 is 2.45 bits per heavy atom. The molecule has 0 saturated carbocycles. The van der Waals surface area contributed by atoms with Crippen LogP contribution in [0.5, 0.6) is 5.75 Å². The summed E-state index contributed by atoms with van der Waals surface area (Å²) in [6.07, 6.45) is 0. The number of anilines is 1. The van der Waals surface area contributed by atoms with Gasteiger partial charge in [0.1, 0.15) is 11.7 Å². The quantitative estimate of drug-likeness (QED) is 0.799. The fraction of sp³-hybridized carbons (Fsp3) is 0.462. The van der Waals surface area contributed by atoms with Gasteiger partial charge in [0.25, 0.3) is 0 Å². The molecule has 1 saturated heterocycles. The highest BCUT2D eigenvalue weighted by atomic mass is 35.5. The van der Waals surface area contributed by atoms with E-state index in [9.17, 15) is 13.6 Å². The van der Waals surface area contributed by atoms with Crippen LogP contribution in [0.2, 0.25) is 0 Å². The molecule has 20 heavy (non-hydrogen) atoms. The molecule has 1 aromatic carbocycles. The van der Waals surface area contributed by atoms with Crippen molar-refractivity contribution in [3.63, 3.8) is 0 Å². The minimum Gasteiger partial charge on any atom is -0.494 e. The number of ether oxygens (including phenoxy) is 1. The molecule has 1 fully saturated rings. The monoisotopic (exact) mass is 304 g/mol. The van der Waals surface area contributed by atoms with Gasteiger partial charge >= 0.3 is 0 Å². The molecule has 1 aliphatic rings. The van der Waals surface area contributed by atoms with Crippen LogP contribution in [-0.4, -0.2) is 50.0 Å². The zero-order valence-corrected chi connectivity index (χ0v) is 11.8. The van der Waals surface area contributed by atoms with Gasteiger partial charge in [-0.2, -0.15) is 0 Å². The van der Waals surface area contributed by atoms with Crippen molar-refractivity contribution in [2.45, 2.75) is 0 Å². The number of halogens is 3. The van der Waals surface area contributed by atoms with Crippen LogP contribution in [0.3, 0.4) is 0 Å². The number of carbonyl (C=O) groups is 1. The van der Waals surface area contributed by atoms with Gasteiger partial charge < -0.3 is 14.5 Å². The van der Waals surface area contributed by atoms with Crippen molar-refractivity contribution in [2.75, 3.05) is 44.1 Å². The van der Waals surface area contributed by atoms with E-state index >= 15 is 0 Å². The minimum absolute atomic E-state index is 0.000615. The van der Waals surface area contributed by atoms with E-state index < -0.39 is 11.6 Å². The normalized spacial score (nSPS) is 15.4. The van der Waals surface area contributed by atoms with Gasteiger partial charge in [0.15, 0.2) is 11.6 Å². The van der Waals surface area contributed by atoms with Gasteiger partial charge in [0.05, 0.1) is 12.8 Å². The van der Waals surface area contributed by atoms with Crippen molar-refractivity contribution in [2.24, 2.45) is 0 Å². The third-order valence-electron chi connectivity index (χ3n) is 3.31. The van der Waals surface area contributed by atoms with E-state index in [-0.39, 0.29) is 23.2 Å². The Kier molecular flexibility index (Phi) is 4.65. The van der Waals surface area contributed by atoms with Crippen LogP contribution in [0.1, 0.15) is 0 Å². The molecular formula is C13H15ClF2N2O2. The fourth-order valence-electron chi connectivity index (χ4n) is 2.20. The lowest BCUT2D eigenvalue weighted by atomic mass is 10.2. The van der Waals surface area contributed by atoms with E-state index in [0.29, 0.717) is 26.2 Å². The summed E-state index contributed by atoms with van der Waals surface area (Å²) in [6.45, 7) is 1.86. The number of benzene rings is 1. The maximum Gasteiger partial charge on any atom is 0.237 e. The molecule has 1 amide bonds. The summed E-state index contributed by atoms with van der Waals surface area (Å²) in [5.74, 6) is -1.56. The van der Waals surface area contributed by atoms with Crippen LogP contribution in [0.25, 0.3) is 0 Å². The largest absolute Gasteiger partial charge is 0.494 e. The molecule has 0 radical (unpaired) electrons. The highest BCUT2D eigenvalue weighted by Crippen LogP contribution is 2.28. The first-order valence-electron chi connectivity index (χ1n) is 6.18. The lowest BCUT2D eigenvalue weighted by molar-refractivity contribution is -0.128. The van der Waals surface area contributed by atoms with Gasteiger partial charge in [-0.05, 0) is 0 Å². The van der Waals surface area contributed by atoms with Crippen molar-refractivity contribution in [3.05, 3.63) is 23.8 Å². The third kappa shape index (κ3) is 2.95. The van der Waals surface area contributed by atoms with Crippen LogP contribution >= 0.6 is 11.6 Å². The van der Waals surface area contributed by atoms with Crippen molar-refractivity contribution in [3.8, 4) is 5.75 Å². The third-order valence-corrected chi connectivity index (χ3v) is 3.54. The van der Waals surface area contributed by atoms with Crippen molar-refractivity contribution in [1.82, 2.24) is 4.90 Å². The van der Waals surface area contributed by atoms with E-state index in [1.54, 1.807) is 9.80 Å². The molecule has 0 N–H and O–H groups in total. The number of amides is 1. The number of rotatable bonds is 3. The molecule has 0 aromatic heterocycles. The van der Waals surface area contributed by atoms with Crippen molar-refractivity contribution < 1.29 is 18.3 Å². The number of hydrogen-bond acceptors (Lipinski definition) is 3. The zero-order valence-electron chi connectivity index (χ0n) is 11.0. The van der Waals surface area contributed by atoms with Crippen LogP contribution in [-0.2, 0) is 4.79 Å². The predicted molar refractivity (Wildman–Crippen MR) is 72.4 cm³/mol. The van der Waals surface area contributed by atoms with Crippen LogP contribution < -0.4 is 9.64 Å². The van der Waals surface area contributed by atoms with Crippen molar-refractivity contribution in [1.29, 1.82) is 0 Å². The number of methoxy groups -OCH3 is 1. The Morgan fingerprint density at radius 2 is 1.90 bits per heavy atom. The highest BCUT2D eigenvalue weighted by molar-refractivity contribution is 6.27. The Hall–Kier alpha value is -1.56. The summed E-state index contributed by atoms with van der Waals surface area (Å²) < 4.78 is 32.1. The van der Waals surface area contributed by atoms with Crippen LogP contribution in [0.15, 0.2) is 12.1 Å². The van der Waals surface area contributed by atoms with E-state index in [0.717, 1.165) is 6.07 Å². The van der Waals surface area contributed by atoms with E-state index in [4.69, 9.17) is 16.3 Å². The summed E-state index contributed by atoms with van der Waals surface area (Å²) in [5, 5.41) is 0. The van der Waals surface area contributed by atoms with Gasteiger partial charge in [-0.1, -0.05) is 0 Å². The Balaban J connectivity index is 2.12. The van der Waals surface area contributed by atoms with Gasteiger partial charge in [0, 0.05) is 38.3 Å². The summed E-state index contributed by atoms with van der Waals surface area (Å²) in [4.78, 5) is 14.8. The lowest BCUT2D eigenvalue weighted by Gasteiger charge is -2.36. The molecule has 110 valence electrons. The van der Waals surface area contributed by atoms with E-state index in [2.05, 4.69) is 0 Å². The average molecular weight is 305 g/mol. The molecular weight excluding hydrogens is 290 g/mol. The molecule has 0 unspecified atom stereocenters. The maximum absolute atomic E-state index is 13.8. The molecule has 1 aromatic rings. The lowest BCUT2D eigenvalue weighted by Crippen LogP contribution is -2.49. The Labute approximate surface area is 120 Å². The first-order valence-corrected chi connectivity index (χ1v) is 6.72. The second-order valence-corrected chi connectivity index (χ2v) is 4.71. The second-order valence-electron chi connectivity index (χ2n) is 4.44. The number of nitrogens with zero attached hydrogens (tertiary/aromatic N) is 2.